The van der Waals surface area contributed by atoms with E-state index >= 15 is 0 Å². The molecule has 1 unspecified atom stereocenters. The Morgan fingerprint density at radius 3 is 2.58 bits per heavy atom. The molecule has 2 aromatic rings. The molecule has 1 aliphatic heterocycles. The van der Waals surface area contributed by atoms with Crippen molar-refractivity contribution in [2.75, 3.05) is 33.3 Å². The lowest BCUT2D eigenvalue weighted by atomic mass is 10.1. The van der Waals surface area contributed by atoms with E-state index < -0.39 is 10.0 Å². The van der Waals surface area contributed by atoms with Gasteiger partial charge in [-0.15, -0.1) is 0 Å². The largest absolute Gasteiger partial charge is 0.374 e. The van der Waals surface area contributed by atoms with Crippen LogP contribution in [0.5, 0.6) is 0 Å². The first kappa shape index (κ1) is 17.1. The monoisotopic (exact) mass is 346 g/mol. The average molecular weight is 346 g/mol. The molecule has 1 atom stereocenters. The maximum atomic E-state index is 12.8. The summed E-state index contributed by atoms with van der Waals surface area (Å²) in [5.41, 5.74) is 1.58. The highest BCUT2D eigenvalue weighted by Crippen LogP contribution is 2.26. The van der Waals surface area contributed by atoms with Gasteiger partial charge >= 0.3 is 0 Å². The molecule has 1 heterocycles. The topological polar surface area (TPSA) is 58.6 Å². The van der Waals surface area contributed by atoms with Gasteiger partial charge in [0.2, 0.25) is 10.0 Å². The third-order valence-corrected chi connectivity index (χ3v) is 5.59. The van der Waals surface area contributed by atoms with Crippen LogP contribution in [-0.2, 0) is 14.8 Å². The fourth-order valence-corrected chi connectivity index (χ4v) is 4.12. The lowest BCUT2D eigenvalue weighted by Gasteiger charge is -2.30. The Balaban J connectivity index is 1.80. The van der Waals surface area contributed by atoms with Crippen LogP contribution in [0.2, 0.25) is 0 Å². The first-order valence-electron chi connectivity index (χ1n) is 8.00. The van der Waals surface area contributed by atoms with Crippen LogP contribution in [0, 0.1) is 0 Å². The van der Waals surface area contributed by atoms with Crippen LogP contribution in [0.4, 0.5) is 0 Å². The van der Waals surface area contributed by atoms with E-state index in [0.29, 0.717) is 17.1 Å². The van der Waals surface area contributed by atoms with E-state index in [2.05, 4.69) is 9.62 Å². The van der Waals surface area contributed by atoms with Crippen molar-refractivity contribution in [3.8, 4) is 11.1 Å². The molecule has 3 rings (SSSR count). The molecule has 1 fully saturated rings. The molecule has 1 saturated heterocycles. The second-order valence-corrected chi connectivity index (χ2v) is 7.70. The summed E-state index contributed by atoms with van der Waals surface area (Å²) in [5.74, 6) is 0. The standard InChI is InChI=1S/C18H22N2O3S/c1-20-11-12-23-16(14-20)13-19-24(21,22)18-10-6-5-9-17(18)15-7-3-2-4-8-15/h2-10,16,19H,11-14H2,1H3. The van der Waals surface area contributed by atoms with Crippen LogP contribution in [0.3, 0.4) is 0 Å². The Morgan fingerprint density at radius 2 is 1.83 bits per heavy atom. The number of ether oxygens (including phenoxy) is 1. The zero-order valence-corrected chi connectivity index (χ0v) is 14.5. The fourth-order valence-electron chi connectivity index (χ4n) is 2.83. The second-order valence-electron chi connectivity index (χ2n) is 5.97. The molecule has 128 valence electrons. The van der Waals surface area contributed by atoms with Gasteiger partial charge in [0.1, 0.15) is 0 Å². The van der Waals surface area contributed by atoms with E-state index in [1.807, 2.05) is 49.5 Å². The normalized spacial score (nSPS) is 19.3. The maximum absolute atomic E-state index is 12.8. The number of hydrogen-bond donors (Lipinski definition) is 1. The molecule has 1 N–H and O–H groups in total. The van der Waals surface area contributed by atoms with E-state index in [1.165, 1.54) is 0 Å². The second kappa shape index (κ2) is 7.44. The molecule has 0 saturated carbocycles. The van der Waals surface area contributed by atoms with Crippen molar-refractivity contribution >= 4 is 10.0 Å². The summed E-state index contributed by atoms with van der Waals surface area (Å²) in [7, 11) is -1.60. The lowest BCUT2D eigenvalue weighted by Crippen LogP contribution is -2.45. The van der Waals surface area contributed by atoms with Crippen molar-refractivity contribution in [2.45, 2.75) is 11.0 Å². The summed E-state index contributed by atoms with van der Waals surface area (Å²) in [6.45, 7) is 2.50. The summed E-state index contributed by atoms with van der Waals surface area (Å²) in [5, 5.41) is 0. The molecule has 5 nitrogen and oxygen atoms in total. The Labute approximate surface area is 143 Å². The van der Waals surface area contributed by atoms with Gasteiger partial charge in [-0.05, 0) is 18.7 Å². The van der Waals surface area contributed by atoms with Crippen LogP contribution >= 0.6 is 0 Å². The lowest BCUT2D eigenvalue weighted by molar-refractivity contribution is -0.0156. The van der Waals surface area contributed by atoms with Crippen molar-refractivity contribution in [1.82, 2.24) is 9.62 Å². The van der Waals surface area contributed by atoms with Crippen LogP contribution in [0.25, 0.3) is 11.1 Å². The van der Waals surface area contributed by atoms with Gasteiger partial charge in [0, 0.05) is 25.2 Å². The minimum atomic E-state index is -3.60. The first-order chi connectivity index (χ1) is 11.6. The predicted molar refractivity (Wildman–Crippen MR) is 94.3 cm³/mol. The molecule has 0 aliphatic carbocycles. The summed E-state index contributed by atoms with van der Waals surface area (Å²) in [6, 6.07) is 16.6. The quantitative estimate of drug-likeness (QED) is 0.899. The van der Waals surface area contributed by atoms with Gasteiger partial charge < -0.3 is 9.64 Å². The van der Waals surface area contributed by atoms with E-state index in [0.717, 1.165) is 18.7 Å². The van der Waals surface area contributed by atoms with Crippen LogP contribution < -0.4 is 4.72 Å². The van der Waals surface area contributed by atoms with Crippen molar-refractivity contribution in [2.24, 2.45) is 0 Å². The number of sulfonamides is 1. The van der Waals surface area contributed by atoms with E-state index in [4.69, 9.17) is 4.74 Å². The molecular weight excluding hydrogens is 324 g/mol. The SMILES string of the molecule is CN1CCOC(CNS(=O)(=O)c2ccccc2-c2ccccc2)C1. The van der Waals surface area contributed by atoms with Gasteiger partial charge in [0.15, 0.2) is 0 Å². The van der Waals surface area contributed by atoms with Crippen LogP contribution in [0.1, 0.15) is 0 Å². The molecule has 0 bridgehead atoms. The molecule has 2 aromatic carbocycles. The molecule has 6 heteroatoms. The highest BCUT2D eigenvalue weighted by molar-refractivity contribution is 7.89. The Bertz CT molecular complexity index is 778. The molecule has 0 radical (unpaired) electrons. The number of benzene rings is 2. The number of hydrogen-bond acceptors (Lipinski definition) is 4. The molecule has 24 heavy (non-hydrogen) atoms. The third kappa shape index (κ3) is 4.02. The molecule has 0 aromatic heterocycles. The van der Waals surface area contributed by atoms with Gasteiger partial charge in [0.25, 0.3) is 0 Å². The highest BCUT2D eigenvalue weighted by Gasteiger charge is 2.23. The van der Waals surface area contributed by atoms with Crippen molar-refractivity contribution < 1.29 is 13.2 Å². The minimum absolute atomic E-state index is 0.123. The first-order valence-corrected chi connectivity index (χ1v) is 9.49. The van der Waals surface area contributed by atoms with Gasteiger partial charge in [-0.1, -0.05) is 48.5 Å². The number of nitrogens with one attached hydrogen (secondary N) is 1. The van der Waals surface area contributed by atoms with Gasteiger partial charge in [0.05, 0.1) is 17.6 Å². The van der Waals surface area contributed by atoms with Crippen molar-refractivity contribution in [3.05, 3.63) is 54.6 Å². The maximum Gasteiger partial charge on any atom is 0.241 e. The highest BCUT2D eigenvalue weighted by atomic mass is 32.2. The number of rotatable bonds is 5. The molecule has 1 aliphatic rings. The molecule has 0 amide bonds. The number of likely N-dealkylation sites (N-methyl/N-ethyl adjacent to an activating group) is 1. The van der Waals surface area contributed by atoms with Crippen LogP contribution in [0.15, 0.2) is 59.5 Å². The van der Waals surface area contributed by atoms with E-state index in [9.17, 15) is 8.42 Å². The zero-order valence-electron chi connectivity index (χ0n) is 13.7. The number of nitrogens with zero attached hydrogens (tertiary/aromatic N) is 1. The Morgan fingerprint density at radius 1 is 1.12 bits per heavy atom. The smallest absolute Gasteiger partial charge is 0.241 e. The fraction of sp³-hybridized carbons (Fsp3) is 0.333. The molecule has 0 spiro atoms. The summed E-state index contributed by atoms with van der Waals surface area (Å²) < 4.78 is 33.9. The summed E-state index contributed by atoms with van der Waals surface area (Å²) >= 11 is 0. The molecular formula is C18H22N2O3S. The summed E-state index contributed by atoms with van der Waals surface area (Å²) in [4.78, 5) is 2.43. The van der Waals surface area contributed by atoms with Gasteiger partial charge in [-0.3, -0.25) is 0 Å². The van der Waals surface area contributed by atoms with E-state index in [1.54, 1.807) is 12.1 Å². The van der Waals surface area contributed by atoms with Crippen molar-refractivity contribution in [1.29, 1.82) is 0 Å². The Kier molecular flexibility index (Phi) is 5.30. The van der Waals surface area contributed by atoms with E-state index in [-0.39, 0.29) is 12.6 Å². The minimum Gasteiger partial charge on any atom is -0.374 e. The zero-order chi connectivity index (χ0) is 17.0. The van der Waals surface area contributed by atoms with Crippen molar-refractivity contribution in [3.63, 3.8) is 0 Å². The van der Waals surface area contributed by atoms with Gasteiger partial charge in [-0.25, -0.2) is 13.1 Å². The third-order valence-electron chi connectivity index (χ3n) is 4.10. The van der Waals surface area contributed by atoms with Gasteiger partial charge in [-0.2, -0.15) is 0 Å². The van der Waals surface area contributed by atoms with Crippen LogP contribution in [-0.4, -0.2) is 52.7 Å². The Hall–Kier alpha value is -1.73. The predicted octanol–water partition coefficient (Wildman–Crippen LogP) is 1.96. The summed E-state index contributed by atoms with van der Waals surface area (Å²) in [6.07, 6.45) is -0.123. The number of morpholine rings is 1. The average Bonchev–Trinajstić information content (AvgIpc) is 2.61.